The second kappa shape index (κ2) is 19.3. The lowest BCUT2D eigenvalue weighted by molar-refractivity contribution is -0.150. The van der Waals surface area contributed by atoms with Crippen molar-refractivity contribution in [2.24, 2.45) is 11.7 Å². The van der Waals surface area contributed by atoms with Crippen LogP contribution in [-0.2, 0) is 9.59 Å². The smallest absolute Gasteiger partial charge is 0.316 e. The van der Waals surface area contributed by atoms with Crippen LogP contribution in [0.3, 0.4) is 0 Å². The van der Waals surface area contributed by atoms with Crippen LogP contribution in [-0.4, -0.2) is 34.6 Å². The number of hydrogen-bond acceptors (Lipinski definition) is 4. The molecule has 2 unspecified atom stereocenters. The highest BCUT2D eigenvalue weighted by atomic mass is 16.4. The molecule has 0 aromatic heterocycles. The monoisotopic (exact) mass is 405 g/mol. The first-order valence-corrected chi connectivity index (χ1v) is 10.8. The van der Waals surface area contributed by atoms with Crippen LogP contribution in [0.1, 0.15) is 71.1 Å². The molecular formula is C24H39NO4. The lowest BCUT2D eigenvalue weighted by atomic mass is 9.94. The standard InChI is InChI=1S/C24H39NO4/c1-2-3-4-5-6-7-8-9-10-11-12-13-14-15-16-17-18-19-21(26)23(24(28)29)22(27)20-25/h6-7,9-10,12-13,15-16,22-23,27H,2-5,8,11,14,17-20,25H2,1H3,(H,28,29). The van der Waals surface area contributed by atoms with Crippen molar-refractivity contribution in [3.63, 3.8) is 0 Å². The summed E-state index contributed by atoms with van der Waals surface area (Å²) in [4.78, 5) is 23.0. The Morgan fingerprint density at radius 3 is 1.76 bits per heavy atom. The van der Waals surface area contributed by atoms with Crippen molar-refractivity contribution < 1.29 is 19.8 Å². The van der Waals surface area contributed by atoms with E-state index in [4.69, 9.17) is 10.8 Å². The van der Waals surface area contributed by atoms with Gasteiger partial charge in [-0.2, -0.15) is 0 Å². The minimum Gasteiger partial charge on any atom is -0.481 e. The summed E-state index contributed by atoms with van der Waals surface area (Å²) in [6.07, 6.45) is 24.9. The fraction of sp³-hybridized carbons (Fsp3) is 0.583. The predicted molar refractivity (Wildman–Crippen MR) is 120 cm³/mol. The Balaban J connectivity index is 3.79. The van der Waals surface area contributed by atoms with E-state index in [0.717, 1.165) is 19.3 Å². The number of allylic oxidation sites excluding steroid dienone is 8. The molecule has 0 aromatic rings. The Hall–Kier alpha value is -1.98. The molecule has 29 heavy (non-hydrogen) atoms. The number of rotatable bonds is 18. The number of Topliss-reactive ketones (excluding diaryl/α,β-unsaturated/α-hetero) is 1. The van der Waals surface area contributed by atoms with Gasteiger partial charge in [0, 0.05) is 13.0 Å². The Bertz CT molecular complexity index is 549. The van der Waals surface area contributed by atoms with Crippen molar-refractivity contribution in [2.45, 2.75) is 77.2 Å². The topological polar surface area (TPSA) is 101 Å². The van der Waals surface area contributed by atoms with Crippen molar-refractivity contribution in [1.29, 1.82) is 0 Å². The molecular weight excluding hydrogens is 366 g/mol. The van der Waals surface area contributed by atoms with E-state index in [9.17, 15) is 14.7 Å². The third kappa shape index (κ3) is 15.6. The second-order valence-corrected chi connectivity index (χ2v) is 7.07. The van der Waals surface area contributed by atoms with Gasteiger partial charge in [-0.3, -0.25) is 9.59 Å². The Morgan fingerprint density at radius 2 is 1.31 bits per heavy atom. The molecule has 5 heteroatoms. The Labute approximate surface area is 176 Å². The van der Waals surface area contributed by atoms with Crippen LogP contribution in [0.5, 0.6) is 0 Å². The molecule has 0 aromatic carbocycles. The molecule has 2 atom stereocenters. The third-order valence-corrected chi connectivity index (χ3v) is 4.49. The van der Waals surface area contributed by atoms with Crippen molar-refractivity contribution in [3.05, 3.63) is 48.6 Å². The first-order valence-electron chi connectivity index (χ1n) is 10.8. The number of aliphatic carboxylic acids is 1. The highest BCUT2D eigenvalue weighted by Crippen LogP contribution is 2.11. The minimum absolute atomic E-state index is 0.131. The van der Waals surface area contributed by atoms with Gasteiger partial charge in [0.25, 0.3) is 0 Å². The van der Waals surface area contributed by atoms with E-state index in [-0.39, 0.29) is 13.0 Å². The third-order valence-electron chi connectivity index (χ3n) is 4.49. The molecule has 0 saturated carbocycles. The quantitative estimate of drug-likeness (QED) is 0.174. The van der Waals surface area contributed by atoms with Gasteiger partial charge in [-0.1, -0.05) is 68.4 Å². The molecule has 0 aliphatic heterocycles. The van der Waals surface area contributed by atoms with Gasteiger partial charge in [-0.15, -0.1) is 0 Å². The fourth-order valence-corrected chi connectivity index (χ4v) is 2.76. The summed E-state index contributed by atoms with van der Waals surface area (Å²) >= 11 is 0. The average molecular weight is 406 g/mol. The lowest BCUT2D eigenvalue weighted by Crippen LogP contribution is -2.39. The zero-order valence-corrected chi connectivity index (χ0v) is 17.8. The summed E-state index contributed by atoms with van der Waals surface area (Å²) in [6, 6.07) is 0. The SMILES string of the molecule is CCCCCC=CCC=CCC=CCC=CCCCC(=O)C(C(=O)O)C(O)CN. The maximum atomic E-state index is 11.9. The van der Waals surface area contributed by atoms with Gasteiger partial charge < -0.3 is 15.9 Å². The van der Waals surface area contributed by atoms with Gasteiger partial charge in [0.05, 0.1) is 6.10 Å². The summed E-state index contributed by atoms with van der Waals surface area (Å²) < 4.78 is 0. The van der Waals surface area contributed by atoms with Crippen LogP contribution in [0.25, 0.3) is 0 Å². The van der Waals surface area contributed by atoms with E-state index >= 15 is 0 Å². The summed E-state index contributed by atoms with van der Waals surface area (Å²) in [7, 11) is 0. The minimum atomic E-state index is -1.42. The van der Waals surface area contributed by atoms with E-state index < -0.39 is 23.8 Å². The second-order valence-electron chi connectivity index (χ2n) is 7.07. The van der Waals surface area contributed by atoms with E-state index in [1.807, 2.05) is 12.2 Å². The number of carbonyl (C=O) groups is 2. The number of aliphatic hydroxyl groups is 1. The maximum Gasteiger partial charge on any atom is 0.316 e. The van der Waals surface area contributed by atoms with Crippen LogP contribution in [0.2, 0.25) is 0 Å². The van der Waals surface area contributed by atoms with Crippen molar-refractivity contribution in [1.82, 2.24) is 0 Å². The molecule has 5 nitrogen and oxygen atoms in total. The zero-order chi connectivity index (χ0) is 21.7. The summed E-state index contributed by atoms with van der Waals surface area (Å²) in [5.74, 6) is -3.20. The molecule has 0 bridgehead atoms. The van der Waals surface area contributed by atoms with E-state index in [1.165, 1.54) is 25.7 Å². The largest absolute Gasteiger partial charge is 0.481 e. The number of nitrogens with two attached hydrogens (primary N) is 1. The highest BCUT2D eigenvalue weighted by molar-refractivity contribution is 5.98. The molecule has 164 valence electrons. The molecule has 0 spiro atoms. The van der Waals surface area contributed by atoms with Gasteiger partial charge in [0.1, 0.15) is 11.7 Å². The maximum absolute atomic E-state index is 11.9. The average Bonchev–Trinajstić information content (AvgIpc) is 2.70. The Kier molecular flexibility index (Phi) is 18.0. The van der Waals surface area contributed by atoms with Gasteiger partial charge >= 0.3 is 5.97 Å². The first kappa shape index (κ1) is 27.0. The number of carbonyl (C=O) groups excluding carboxylic acids is 1. The summed E-state index contributed by atoms with van der Waals surface area (Å²) in [5.41, 5.74) is 5.25. The summed E-state index contributed by atoms with van der Waals surface area (Å²) in [5, 5.41) is 18.6. The molecule has 4 N–H and O–H groups in total. The van der Waals surface area contributed by atoms with Crippen LogP contribution in [0.4, 0.5) is 0 Å². The molecule has 0 amide bonds. The number of aliphatic hydroxyl groups excluding tert-OH is 1. The van der Waals surface area contributed by atoms with E-state index in [0.29, 0.717) is 12.8 Å². The van der Waals surface area contributed by atoms with Crippen LogP contribution >= 0.6 is 0 Å². The fourth-order valence-electron chi connectivity index (χ4n) is 2.76. The Morgan fingerprint density at radius 1 is 0.828 bits per heavy atom. The van der Waals surface area contributed by atoms with Gasteiger partial charge in [0.2, 0.25) is 0 Å². The molecule has 0 aliphatic carbocycles. The van der Waals surface area contributed by atoms with Crippen LogP contribution in [0.15, 0.2) is 48.6 Å². The molecule has 0 aliphatic rings. The first-order chi connectivity index (χ1) is 14.0. The van der Waals surface area contributed by atoms with Crippen LogP contribution < -0.4 is 5.73 Å². The number of unbranched alkanes of at least 4 members (excludes halogenated alkanes) is 4. The number of carboxylic acids is 1. The van der Waals surface area contributed by atoms with Crippen LogP contribution in [0, 0.1) is 5.92 Å². The van der Waals surface area contributed by atoms with Gasteiger partial charge in [-0.25, -0.2) is 0 Å². The number of hydrogen-bond donors (Lipinski definition) is 3. The van der Waals surface area contributed by atoms with Gasteiger partial charge in [0.15, 0.2) is 0 Å². The van der Waals surface area contributed by atoms with E-state index in [1.54, 1.807) is 0 Å². The zero-order valence-electron chi connectivity index (χ0n) is 17.8. The predicted octanol–water partition coefficient (Wildman–Crippen LogP) is 4.72. The molecule has 0 radical (unpaired) electrons. The number of carboxylic acid groups (broad SMARTS) is 1. The van der Waals surface area contributed by atoms with Crippen molar-refractivity contribution >= 4 is 11.8 Å². The van der Waals surface area contributed by atoms with E-state index in [2.05, 4.69) is 43.4 Å². The van der Waals surface area contributed by atoms with Crippen molar-refractivity contribution in [2.75, 3.05) is 6.54 Å². The number of ketones is 1. The molecule has 0 fully saturated rings. The lowest BCUT2D eigenvalue weighted by Gasteiger charge is -2.15. The molecule has 0 saturated heterocycles. The molecule has 0 heterocycles. The highest BCUT2D eigenvalue weighted by Gasteiger charge is 2.31. The normalized spacial score (nSPS) is 14.4. The van der Waals surface area contributed by atoms with Gasteiger partial charge in [-0.05, 0) is 44.9 Å². The summed E-state index contributed by atoms with van der Waals surface area (Å²) in [6.45, 7) is 1.98. The van der Waals surface area contributed by atoms with Crippen molar-refractivity contribution in [3.8, 4) is 0 Å². The molecule has 0 rings (SSSR count).